The van der Waals surface area contributed by atoms with Gasteiger partial charge in [0.2, 0.25) is 0 Å². The lowest BCUT2D eigenvalue weighted by Gasteiger charge is -2.39. The molecule has 4 nitrogen and oxygen atoms in total. The Bertz CT molecular complexity index is 336. The summed E-state index contributed by atoms with van der Waals surface area (Å²) in [6, 6.07) is 3.99. The number of nitrogens with zero attached hydrogens (tertiary/aromatic N) is 2. The van der Waals surface area contributed by atoms with E-state index in [1.165, 1.54) is 0 Å². The molecule has 17 heavy (non-hydrogen) atoms. The second-order valence-corrected chi connectivity index (χ2v) is 4.76. The molecule has 0 bridgehead atoms. The summed E-state index contributed by atoms with van der Waals surface area (Å²) in [7, 11) is 0. The summed E-state index contributed by atoms with van der Waals surface area (Å²) in [5.74, 6) is 0. The summed E-state index contributed by atoms with van der Waals surface area (Å²) in [6.45, 7) is 6.28. The molecular weight excluding hydrogens is 214 g/mol. The topological polar surface area (TPSA) is 48.4 Å². The summed E-state index contributed by atoms with van der Waals surface area (Å²) >= 11 is 0. The summed E-state index contributed by atoms with van der Waals surface area (Å²) in [5.41, 5.74) is 0.839. The molecule has 1 aliphatic rings. The minimum Gasteiger partial charge on any atom is -0.394 e. The van der Waals surface area contributed by atoms with Crippen LogP contribution in [0.2, 0.25) is 0 Å². The van der Waals surface area contributed by atoms with Crippen molar-refractivity contribution in [2.24, 2.45) is 0 Å². The molecule has 1 aromatic rings. The first-order valence-corrected chi connectivity index (χ1v) is 6.24. The van der Waals surface area contributed by atoms with Crippen molar-refractivity contribution in [2.45, 2.75) is 18.9 Å². The highest BCUT2D eigenvalue weighted by molar-refractivity contribution is 5.21. The van der Waals surface area contributed by atoms with E-state index < -0.39 is 0 Å². The molecule has 4 heteroatoms. The standard InChI is InChI=1S/C13H21N3O/c1-13(11-17,12-3-6-15-7-4-12)16-9-2-5-14-8-10-16/h3-4,6-7,14,17H,2,5,8-11H2,1H3. The van der Waals surface area contributed by atoms with Gasteiger partial charge in [0.05, 0.1) is 12.1 Å². The normalized spacial score (nSPS) is 21.8. The van der Waals surface area contributed by atoms with Gasteiger partial charge in [0.15, 0.2) is 0 Å². The zero-order valence-corrected chi connectivity index (χ0v) is 10.4. The molecule has 1 aromatic heterocycles. The molecule has 1 atom stereocenters. The molecule has 1 saturated heterocycles. The Morgan fingerprint density at radius 1 is 1.35 bits per heavy atom. The molecular formula is C13H21N3O. The van der Waals surface area contributed by atoms with Crippen LogP contribution in [0, 0.1) is 0 Å². The molecule has 0 aromatic carbocycles. The predicted molar refractivity (Wildman–Crippen MR) is 67.7 cm³/mol. The number of pyridine rings is 1. The van der Waals surface area contributed by atoms with Gasteiger partial charge in [0.25, 0.3) is 0 Å². The first-order chi connectivity index (χ1) is 8.27. The van der Waals surface area contributed by atoms with Crippen LogP contribution in [0.3, 0.4) is 0 Å². The van der Waals surface area contributed by atoms with Gasteiger partial charge in [-0.3, -0.25) is 9.88 Å². The van der Waals surface area contributed by atoms with Crippen molar-refractivity contribution in [3.05, 3.63) is 30.1 Å². The van der Waals surface area contributed by atoms with Crippen LogP contribution in [0.4, 0.5) is 0 Å². The lowest BCUT2D eigenvalue weighted by molar-refractivity contribution is 0.0452. The third-order valence-corrected chi connectivity index (χ3v) is 3.65. The van der Waals surface area contributed by atoms with Gasteiger partial charge >= 0.3 is 0 Å². The second-order valence-electron chi connectivity index (χ2n) is 4.76. The molecule has 1 unspecified atom stereocenters. The van der Waals surface area contributed by atoms with Crippen LogP contribution in [-0.2, 0) is 5.54 Å². The van der Waals surface area contributed by atoms with Crippen LogP contribution in [0.1, 0.15) is 18.9 Å². The second kappa shape index (κ2) is 5.58. The van der Waals surface area contributed by atoms with Gasteiger partial charge in [0.1, 0.15) is 0 Å². The van der Waals surface area contributed by atoms with E-state index in [0.717, 1.165) is 38.2 Å². The van der Waals surface area contributed by atoms with Crippen molar-refractivity contribution in [3.8, 4) is 0 Å². The molecule has 0 radical (unpaired) electrons. The van der Waals surface area contributed by atoms with E-state index in [0.29, 0.717) is 0 Å². The lowest BCUT2D eigenvalue weighted by atomic mass is 9.91. The molecule has 1 fully saturated rings. The van der Waals surface area contributed by atoms with Crippen molar-refractivity contribution in [2.75, 3.05) is 32.8 Å². The van der Waals surface area contributed by atoms with Gasteiger partial charge in [-0.15, -0.1) is 0 Å². The van der Waals surface area contributed by atoms with Crippen LogP contribution in [-0.4, -0.2) is 47.8 Å². The minimum absolute atomic E-state index is 0.136. The van der Waals surface area contributed by atoms with E-state index in [1.807, 2.05) is 12.1 Å². The summed E-state index contributed by atoms with van der Waals surface area (Å²) < 4.78 is 0. The Balaban J connectivity index is 2.23. The first kappa shape index (κ1) is 12.5. The molecule has 2 N–H and O–H groups in total. The molecule has 0 aliphatic carbocycles. The summed E-state index contributed by atoms with van der Waals surface area (Å²) in [4.78, 5) is 6.41. The van der Waals surface area contributed by atoms with E-state index in [4.69, 9.17) is 0 Å². The van der Waals surface area contributed by atoms with Crippen molar-refractivity contribution in [1.82, 2.24) is 15.2 Å². The Labute approximate surface area is 103 Å². The van der Waals surface area contributed by atoms with Crippen molar-refractivity contribution in [1.29, 1.82) is 0 Å². The summed E-state index contributed by atoms with van der Waals surface area (Å²) in [5, 5.41) is 13.2. The highest BCUT2D eigenvalue weighted by Crippen LogP contribution is 2.27. The molecule has 94 valence electrons. The van der Waals surface area contributed by atoms with Crippen molar-refractivity contribution in [3.63, 3.8) is 0 Å². The maximum Gasteiger partial charge on any atom is 0.0667 e. The number of aliphatic hydroxyl groups excluding tert-OH is 1. The Morgan fingerprint density at radius 2 is 2.12 bits per heavy atom. The van der Waals surface area contributed by atoms with E-state index in [2.05, 4.69) is 22.1 Å². The smallest absolute Gasteiger partial charge is 0.0667 e. The van der Waals surface area contributed by atoms with Gasteiger partial charge in [-0.1, -0.05) is 0 Å². The Kier molecular flexibility index (Phi) is 4.10. The SMILES string of the molecule is CC(CO)(c1ccncc1)N1CCCNCC1. The van der Waals surface area contributed by atoms with E-state index >= 15 is 0 Å². The number of aliphatic hydroxyl groups is 1. The molecule has 0 spiro atoms. The zero-order valence-electron chi connectivity index (χ0n) is 10.4. The van der Waals surface area contributed by atoms with Crippen molar-refractivity contribution >= 4 is 0 Å². The first-order valence-electron chi connectivity index (χ1n) is 6.24. The number of rotatable bonds is 3. The highest BCUT2D eigenvalue weighted by atomic mass is 16.3. The van der Waals surface area contributed by atoms with E-state index in [9.17, 15) is 5.11 Å². The van der Waals surface area contributed by atoms with Crippen LogP contribution in [0.25, 0.3) is 0 Å². The molecule has 2 heterocycles. The summed E-state index contributed by atoms with van der Waals surface area (Å²) in [6.07, 6.45) is 4.71. The highest BCUT2D eigenvalue weighted by Gasteiger charge is 2.33. The predicted octanol–water partition coefficient (Wildman–Crippen LogP) is 0.584. The maximum absolute atomic E-state index is 9.80. The monoisotopic (exact) mass is 235 g/mol. The number of hydrogen-bond donors (Lipinski definition) is 2. The van der Waals surface area contributed by atoms with Crippen LogP contribution >= 0.6 is 0 Å². The zero-order chi connectivity index (χ0) is 12.1. The van der Waals surface area contributed by atoms with Crippen LogP contribution in [0.15, 0.2) is 24.5 Å². The average molecular weight is 235 g/mol. The maximum atomic E-state index is 9.80. The third-order valence-electron chi connectivity index (χ3n) is 3.65. The number of nitrogens with one attached hydrogen (secondary N) is 1. The molecule has 1 aliphatic heterocycles. The van der Waals surface area contributed by atoms with Gasteiger partial charge in [-0.25, -0.2) is 0 Å². The fourth-order valence-corrected chi connectivity index (χ4v) is 2.42. The third kappa shape index (κ3) is 2.65. The fraction of sp³-hybridized carbons (Fsp3) is 0.615. The Hall–Kier alpha value is -0.970. The van der Waals surface area contributed by atoms with Gasteiger partial charge in [0, 0.05) is 32.0 Å². The van der Waals surface area contributed by atoms with E-state index in [1.54, 1.807) is 12.4 Å². The minimum atomic E-state index is -0.297. The van der Waals surface area contributed by atoms with Crippen LogP contribution in [0.5, 0.6) is 0 Å². The fourth-order valence-electron chi connectivity index (χ4n) is 2.42. The molecule has 0 amide bonds. The quantitative estimate of drug-likeness (QED) is 0.805. The van der Waals surface area contributed by atoms with Gasteiger partial charge in [-0.2, -0.15) is 0 Å². The van der Waals surface area contributed by atoms with Crippen molar-refractivity contribution < 1.29 is 5.11 Å². The van der Waals surface area contributed by atoms with E-state index in [-0.39, 0.29) is 12.1 Å². The van der Waals surface area contributed by atoms with Gasteiger partial charge in [-0.05, 0) is 37.6 Å². The average Bonchev–Trinajstić information content (AvgIpc) is 2.68. The largest absolute Gasteiger partial charge is 0.394 e. The molecule has 2 rings (SSSR count). The molecule has 0 saturated carbocycles. The Morgan fingerprint density at radius 3 is 2.82 bits per heavy atom. The number of hydrogen-bond acceptors (Lipinski definition) is 4. The van der Waals surface area contributed by atoms with Crippen LogP contribution < -0.4 is 5.32 Å². The van der Waals surface area contributed by atoms with Gasteiger partial charge < -0.3 is 10.4 Å². The number of aromatic nitrogens is 1. The lowest BCUT2D eigenvalue weighted by Crippen LogP contribution is -2.48.